The van der Waals surface area contributed by atoms with Gasteiger partial charge < -0.3 is 5.11 Å². The van der Waals surface area contributed by atoms with Crippen LogP contribution >= 0.6 is 11.3 Å². The van der Waals surface area contributed by atoms with Crippen LogP contribution in [-0.2, 0) is 11.8 Å². The number of aromatic nitrogens is 1. The first-order valence-electron chi connectivity index (χ1n) is 5.93. The Morgan fingerprint density at radius 1 is 1.28 bits per heavy atom. The molecule has 18 heavy (non-hydrogen) atoms. The summed E-state index contributed by atoms with van der Waals surface area (Å²) in [5, 5.41) is 9.87. The standard InChI is InChI=1S/C12H16F3NOS/c1-10(2)5-3-4-6-11(10,17)8-7-16-9(18-8)12(13,14)15/h7,17H,3-6H2,1-2H3. The number of nitrogens with zero attached hydrogens (tertiary/aromatic N) is 1. The van der Waals surface area contributed by atoms with Crippen LogP contribution < -0.4 is 0 Å². The molecule has 1 aromatic rings. The number of halogens is 3. The second kappa shape index (κ2) is 4.20. The Hall–Kier alpha value is -0.620. The predicted molar refractivity (Wildman–Crippen MR) is 63.3 cm³/mol. The fourth-order valence-electron chi connectivity index (χ4n) is 2.55. The third-order valence-electron chi connectivity index (χ3n) is 3.87. The lowest BCUT2D eigenvalue weighted by Gasteiger charge is -2.45. The molecule has 0 radical (unpaired) electrons. The molecule has 2 rings (SSSR count). The number of aliphatic hydroxyl groups is 1. The third kappa shape index (κ3) is 2.16. The number of rotatable bonds is 1. The molecule has 0 amide bonds. The van der Waals surface area contributed by atoms with Gasteiger partial charge in [0.25, 0.3) is 0 Å². The summed E-state index contributed by atoms with van der Waals surface area (Å²) < 4.78 is 37.7. The minimum absolute atomic E-state index is 0.333. The molecule has 0 aromatic carbocycles. The molecule has 0 bridgehead atoms. The second-order valence-electron chi connectivity index (χ2n) is 5.48. The van der Waals surface area contributed by atoms with Crippen LogP contribution in [0.15, 0.2) is 6.20 Å². The van der Waals surface area contributed by atoms with E-state index in [9.17, 15) is 18.3 Å². The maximum atomic E-state index is 12.6. The highest BCUT2D eigenvalue weighted by Crippen LogP contribution is 2.52. The summed E-state index contributed by atoms with van der Waals surface area (Å²) in [5.74, 6) is 0. The minimum Gasteiger partial charge on any atom is -0.384 e. The van der Waals surface area contributed by atoms with Gasteiger partial charge in [0.2, 0.25) is 0 Å². The maximum Gasteiger partial charge on any atom is 0.443 e. The van der Waals surface area contributed by atoms with Crippen molar-refractivity contribution in [3.8, 4) is 0 Å². The molecule has 1 heterocycles. The maximum absolute atomic E-state index is 12.6. The number of hydrogen-bond donors (Lipinski definition) is 1. The molecule has 0 aliphatic heterocycles. The van der Waals surface area contributed by atoms with Gasteiger partial charge in [-0.1, -0.05) is 26.7 Å². The van der Waals surface area contributed by atoms with Gasteiger partial charge in [-0.3, -0.25) is 0 Å². The molecule has 1 aliphatic rings. The molecule has 1 saturated carbocycles. The zero-order valence-electron chi connectivity index (χ0n) is 10.3. The second-order valence-corrected chi connectivity index (χ2v) is 6.51. The van der Waals surface area contributed by atoms with Gasteiger partial charge in [-0.2, -0.15) is 13.2 Å². The summed E-state index contributed by atoms with van der Waals surface area (Å²) >= 11 is 0.561. The molecule has 6 heteroatoms. The van der Waals surface area contributed by atoms with E-state index in [1.54, 1.807) is 0 Å². The molecule has 1 N–H and O–H groups in total. The largest absolute Gasteiger partial charge is 0.443 e. The SMILES string of the molecule is CC1(C)CCCCC1(O)c1cnc(C(F)(F)F)s1. The van der Waals surface area contributed by atoms with Gasteiger partial charge in [0, 0.05) is 6.20 Å². The van der Waals surface area contributed by atoms with Crippen molar-refractivity contribution in [3.05, 3.63) is 16.1 Å². The van der Waals surface area contributed by atoms with Crippen molar-refractivity contribution < 1.29 is 18.3 Å². The van der Waals surface area contributed by atoms with Crippen molar-refractivity contribution in [1.29, 1.82) is 0 Å². The molecular formula is C12H16F3NOS. The van der Waals surface area contributed by atoms with Crippen LogP contribution in [0.2, 0.25) is 0 Å². The van der Waals surface area contributed by atoms with E-state index in [1.165, 1.54) is 6.20 Å². The average molecular weight is 279 g/mol. The minimum atomic E-state index is -4.43. The van der Waals surface area contributed by atoms with Gasteiger partial charge in [0.1, 0.15) is 5.60 Å². The lowest BCUT2D eigenvalue weighted by Crippen LogP contribution is -2.43. The molecule has 1 aromatic heterocycles. The fraction of sp³-hybridized carbons (Fsp3) is 0.750. The summed E-state index contributed by atoms with van der Waals surface area (Å²) in [7, 11) is 0. The molecule has 0 saturated heterocycles. The van der Waals surface area contributed by atoms with Gasteiger partial charge in [0.15, 0.2) is 5.01 Å². The number of hydrogen-bond acceptors (Lipinski definition) is 3. The zero-order chi connectivity index (χ0) is 13.6. The van der Waals surface area contributed by atoms with Gasteiger partial charge in [-0.05, 0) is 18.3 Å². The summed E-state index contributed by atoms with van der Waals surface area (Å²) in [5.41, 5.74) is -1.60. The lowest BCUT2D eigenvalue weighted by molar-refractivity contribution is -0.137. The normalized spacial score (nSPS) is 28.3. The van der Waals surface area contributed by atoms with Crippen molar-refractivity contribution in [2.75, 3.05) is 0 Å². The molecular weight excluding hydrogens is 263 g/mol. The summed E-state index contributed by atoms with van der Waals surface area (Å²) in [6.45, 7) is 3.80. The first kappa shape index (κ1) is 13.8. The van der Waals surface area contributed by atoms with Crippen LogP contribution in [0, 0.1) is 5.41 Å². The van der Waals surface area contributed by atoms with Crippen LogP contribution in [0.1, 0.15) is 49.4 Å². The van der Waals surface area contributed by atoms with E-state index in [0.29, 0.717) is 22.6 Å². The molecule has 1 atom stereocenters. The fourth-order valence-corrected chi connectivity index (χ4v) is 3.63. The zero-order valence-corrected chi connectivity index (χ0v) is 11.2. The van der Waals surface area contributed by atoms with Crippen molar-refractivity contribution in [1.82, 2.24) is 4.98 Å². The molecule has 2 nitrogen and oxygen atoms in total. The average Bonchev–Trinajstić information content (AvgIpc) is 2.71. The van der Waals surface area contributed by atoms with E-state index in [0.717, 1.165) is 19.3 Å². The number of alkyl halides is 3. The Morgan fingerprint density at radius 2 is 1.89 bits per heavy atom. The van der Waals surface area contributed by atoms with Crippen LogP contribution in [0.25, 0.3) is 0 Å². The van der Waals surface area contributed by atoms with Crippen LogP contribution in [0.3, 0.4) is 0 Å². The van der Waals surface area contributed by atoms with E-state index < -0.39 is 22.2 Å². The first-order valence-corrected chi connectivity index (χ1v) is 6.74. The summed E-state index contributed by atoms with van der Waals surface area (Å²) in [4.78, 5) is 3.74. The van der Waals surface area contributed by atoms with E-state index in [4.69, 9.17) is 0 Å². The topological polar surface area (TPSA) is 33.1 Å². The van der Waals surface area contributed by atoms with Crippen LogP contribution in [0.5, 0.6) is 0 Å². The lowest BCUT2D eigenvalue weighted by atomic mass is 9.65. The number of thiazole rings is 1. The van der Waals surface area contributed by atoms with Crippen molar-refractivity contribution in [3.63, 3.8) is 0 Å². The smallest absolute Gasteiger partial charge is 0.384 e. The van der Waals surface area contributed by atoms with Crippen LogP contribution in [0.4, 0.5) is 13.2 Å². The van der Waals surface area contributed by atoms with Gasteiger partial charge >= 0.3 is 6.18 Å². The Bertz CT molecular complexity index is 441. The van der Waals surface area contributed by atoms with E-state index in [-0.39, 0.29) is 0 Å². The van der Waals surface area contributed by atoms with Crippen molar-refractivity contribution >= 4 is 11.3 Å². The Morgan fingerprint density at radius 3 is 2.39 bits per heavy atom. The van der Waals surface area contributed by atoms with Crippen molar-refractivity contribution in [2.45, 2.75) is 51.3 Å². The molecule has 1 unspecified atom stereocenters. The van der Waals surface area contributed by atoms with Gasteiger partial charge in [0.05, 0.1) is 4.88 Å². The summed E-state index contributed by atoms with van der Waals surface area (Å²) in [6.07, 6.45) is -0.111. The third-order valence-corrected chi connectivity index (χ3v) is 5.06. The molecule has 1 aliphatic carbocycles. The van der Waals surface area contributed by atoms with E-state index in [2.05, 4.69) is 4.98 Å². The highest BCUT2D eigenvalue weighted by Gasteiger charge is 2.48. The monoisotopic (exact) mass is 279 g/mol. The van der Waals surface area contributed by atoms with Gasteiger partial charge in [-0.15, -0.1) is 11.3 Å². The highest BCUT2D eigenvalue weighted by molar-refractivity contribution is 7.11. The first-order chi connectivity index (χ1) is 8.17. The highest BCUT2D eigenvalue weighted by atomic mass is 32.1. The molecule has 1 fully saturated rings. The Labute approximate surface area is 108 Å². The molecule has 102 valence electrons. The van der Waals surface area contributed by atoms with E-state index in [1.807, 2.05) is 13.8 Å². The van der Waals surface area contributed by atoms with Crippen molar-refractivity contribution in [2.24, 2.45) is 5.41 Å². The van der Waals surface area contributed by atoms with E-state index >= 15 is 0 Å². The quantitative estimate of drug-likeness (QED) is 0.844. The van der Waals surface area contributed by atoms with Gasteiger partial charge in [-0.25, -0.2) is 4.98 Å². The predicted octanol–water partition coefficient (Wildman–Crippen LogP) is 3.95. The summed E-state index contributed by atoms with van der Waals surface area (Å²) in [6, 6.07) is 0. The Kier molecular flexibility index (Phi) is 3.22. The molecule has 0 spiro atoms. The van der Waals surface area contributed by atoms with Crippen LogP contribution in [-0.4, -0.2) is 10.1 Å². The Balaban J connectivity index is 2.38.